The molecule has 0 saturated heterocycles. The van der Waals surface area contributed by atoms with Crippen LogP contribution in [-0.2, 0) is 13.0 Å². The number of aryl methyl sites for hydroxylation is 2. The molecule has 1 aromatic carbocycles. The smallest absolute Gasteiger partial charge is 0.0725 e. The van der Waals surface area contributed by atoms with Gasteiger partial charge in [0.05, 0.1) is 11.9 Å². The third kappa shape index (κ3) is 3.17. The maximum absolute atomic E-state index is 6.19. The Morgan fingerprint density at radius 3 is 2.78 bits per heavy atom. The second-order valence-electron chi connectivity index (χ2n) is 4.50. The molecule has 0 spiro atoms. The highest BCUT2D eigenvalue weighted by Crippen LogP contribution is 2.16. The number of hydrogen-bond acceptors (Lipinski definition) is 3. The molecular weight excluding hydrogens is 224 g/mol. The number of nitrogens with two attached hydrogens (primary N) is 1. The van der Waals surface area contributed by atoms with E-state index in [0.29, 0.717) is 0 Å². The van der Waals surface area contributed by atoms with Crippen molar-refractivity contribution in [2.75, 3.05) is 0 Å². The van der Waals surface area contributed by atoms with E-state index in [1.807, 2.05) is 29.1 Å². The van der Waals surface area contributed by atoms with Gasteiger partial charge >= 0.3 is 0 Å². The molecule has 0 radical (unpaired) electrons. The van der Waals surface area contributed by atoms with Crippen molar-refractivity contribution in [3.63, 3.8) is 0 Å². The number of benzene rings is 1. The van der Waals surface area contributed by atoms with Crippen LogP contribution in [0.1, 0.15) is 37.1 Å². The van der Waals surface area contributed by atoms with Gasteiger partial charge in [-0.3, -0.25) is 0 Å². The summed E-state index contributed by atoms with van der Waals surface area (Å²) in [5.74, 6) is 0. The van der Waals surface area contributed by atoms with Crippen LogP contribution in [0, 0.1) is 0 Å². The van der Waals surface area contributed by atoms with Crippen LogP contribution >= 0.6 is 0 Å². The van der Waals surface area contributed by atoms with Crippen LogP contribution in [0.2, 0.25) is 0 Å². The molecule has 0 bridgehead atoms. The van der Waals surface area contributed by atoms with Gasteiger partial charge in [-0.2, -0.15) is 0 Å². The molecule has 2 N–H and O–H groups in total. The summed E-state index contributed by atoms with van der Waals surface area (Å²) >= 11 is 0. The Hall–Kier alpha value is -1.68. The predicted molar refractivity (Wildman–Crippen MR) is 72.0 cm³/mol. The van der Waals surface area contributed by atoms with Crippen molar-refractivity contribution in [2.24, 2.45) is 5.73 Å². The lowest BCUT2D eigenvalue weighted by Crippen LogP contribution is -2.13. The zero-order valence-electron chi connectivity index (χ0n) is 10.8. The lowest BCUT2D eigenvalue weighted by molar-refractivity contribution is 0.538. The summed E-state index contributed by atoms with van der Waals surface area (Å²) in [4.78, 5) is 0. The Kier molecular flexibility index (Phi) is 4.47. The minimum Gasteiger partial charge on any atom is -0.324 e. The van der Waals surface area contributed by atoms with Gasteiger partial charge in [0.15, 0.2) is 0 Å². The standard InChI is InChI=1S/C14H20N4/c1-2-10-18-13(11-16-17-18)8-9-14(15)12-6-4-3-5-7-12/h3-7,11,14H,2,8-10,15H2,1H3. The molecule has 2 aromatic rings. The molecule has 18 heavy (non-hydrogen) atoms. The van der Waals surface area contributed by atoms with Crippen molar-refractivity contribution >= 4 is 0 Å². The highest BCUT2D eigenvalue weighted by molar-refractivity contribution is 5.18. The highest BCUT2D eigenvalue weighted by atomic mass is 15.4. The van der Waals surface area contributed by atoms with Gasteiger partial charge in [-0.15, -0.1) is 5.10 Å². The lowest BCUT2D eigenvalue weighted by atomic mass is 10.0. The number of nitrogens with zero attached hydrogens (tertiary/aromatic N) is 3. The van der Waals surface area contributed by atoms with Crippen LogP contribution in [0.25, 0.3) is 0 Å². The molecule has 0 aliphatic heterocycles. The van der Waals surface area contributed by atoms with Crippen molar-refractivity contribution in [3.8, 4) is 0 Å². The molecule has 2 rings (SSSR count). The normalized spacial score (nSPS) is 12.6. The maximum Gasteiger partial charge on any atom is 0.0725 e. The Morgan fingerprint density at radius 1 is 1.28 bits per heavy atom. The molecule has 4 nitrogen and oxygen atoms in total. The van der Waals surface area contributed by atoms with Crippen molar-refractivity contribution in [1.29, 1.82) is 0 Å². The van der Waals surface area contributed by atoms with E-state index in [2.05, 4.69) is 29.4 Å². The van der Waals surface area contributed by atoms with Gasteiger partial charge in [0.25, 0.3) is 0 Å². The fourth-order valence-corrected chi connectivity index (χ4v) is 2.04. The number of aromatic nitrogens is 3. The lowest BCUT2D eigenvalue weighted by Gasteiger charge is -2.12. The monoisotopic (exact) mass is 244 g/mol. The second-order valence-corrected chi connectivity index (χ2v) is 4.50. The molecule has 1 heterocycles. The van der Waals surface area contributed by atoms with Crippen molar-refractivity contribution in [2.45, 2.75) is 38.8 Å². The first-order chi connectivity index (χ1) is 8.81. The van der Waals surface area contributed by atoms with Gasteiger partial charge in [0.1, 0.15) is 0 Å². The third-order valence-electron chi connectivity index (χ3n) is 3.07. The molecule has 96 valence electrons. The highest BCUT2D eigenvalue weighted by Gasteiger charge is 2.08. The van der Waals surface area contributed by atoms with E-state index in [9.17, 15) is 0 Å². The van der Waals surface area contributed by atoms with Gasteiger partial charge in [-0.25, -0.2) is 4.68 Å². The van der Waals surface area contributed by atoms with Crippen LogP contribution in [-0.4, -0.2) is 15.0 Å². The van der Waals surface area contributed by atoms with Gasteiger partial charge in [-0.05, 0) is 24.8 Å². The van der Waals surface area contributed by atoms with E-state index >= 15 is 0 Å². The average molecular weight is 244 g/mol. The van der Waals surface area contributed by atoms with E-state index in [4.69, 9.17) is 5.73 Å². The van der Waals surface area contributed by atoms with Crippen molar-refractivity contribution in [1.82, 2.24) is 15.0 Å². The van der Waals surface area contributed by atoms with Crippen LogP contribution < -0.4 is 5.73 Å². The van der Waals surface area contributed by atoms with E-state index in [0.717, 1.165) is 25.8 Å². The SMILES string of the molecule is CCCn1nncc1CCC(N)c1ccccc1. The molecule has 0 fully saturated rings. The van der Waals surface area contributed by atoms with Gasteiger partial charge in [-0.1, -0.05) is 42.5 Å². The summed E-state index contributed by atoms with van der Waals surface area (Å²) in [6.45, 7) is 3.07. The zero-order chi connectivity index (χ0) is 12.8. The van der Waals surface area contributed by atoms with E-state index < -0.39 is 0 Å². The summed E-state index contributed by atoms with van der Waals surface area (Å²) in [5, 5.41) is 8.05. The topological polar surface area (TPSA) is 56.7 Å². The van der Waals surface area contributed by atoms with E-state index in [1.165, 1.54) is 11.3 Å². The van der Waals surface area contributed by atoms with E-state index in [1.54, 1.807) is 0 Å². The minimum atomic E-state index is 0.0798. The third-order valence-corrected chi connectivity index (χ3v) is 3.07. The molecule has 1 unspecified atom stereocenters. The summed E-state index contributed by atoms with van der Waals surface area (Å²) in [7, 11) is 0. The second kappa shape index (κ2) is 6.31. The zero-order valence-corrected chi connectivity index (χ0v) is 10.8. The average Bonchev–Trinajstić information content (AvgIpc) is 2.85. The molecule has 1 atom stereocenters. The van der Waals surface area contributed by atoms with Gasteiger partial charge in [0, 0.05) is 12.6 Å². The van der Waals surface area contributed by atoms with Gasteiger partial charge < -0.3 is 5.73 Å². The molecule has 0 saturated carbocycles. The van der Waals surface area contributed by atoms with E-state index in [-0.39, 0.29) is 6.04 Å². The van der Waals surface area contributed by atoms with Crippen molar-refractivity contribution in [3.05, 3.63) is 47.8 Å². The largest absolute Gasteiger partial charge is 0.324 e. The Morgan fingerprint density at radius 2 is 2.06 bits per heavy atom. The molecule has 0 amide bonds. The fraction of sp³-hybridized carbons (Fsp3) is 0.429. The predicted octanol–water partition coefficient (Wildman–Crippen LogP) is 2.32. The van der Waals surface area contributed by atoms with Crippen LogP contribution in [0.5, 0.6) is 0 Å². The van der Waals surface area contributed by atoms with Crippen molar-refractivity contribution < 1.29 is 0 Å². The Labute approximate surface area is 108 Å². The molecule has 1 aromatic heterocycles. The minimum absolute atomic E-state index is 0.0798. The maximum atomic E-state index is 6.19. The summed E-state index contributed by atoms with van der Waals surface area (Å²) < 4.78 is 1.97. The number of hydrogen-bond donors (Lipinski definition) is 1. The first kappa shape index (κ1) is 12.8. The summed E-state index contributed by atoms with van der Waals surface area (Å²) in [6, 6.07) is 10.3. The fourth-order valence-electron chi connectivity index (χ4n) is 2.04. The summed E-state index contributed by atoms with van der Waals surface area (Å²) in [5.41, 5.74) is 8.54. The Balaban J connectivity index is 1.93. The molecular formula is C14H20N4. The first-order valence-corrected chi connectivity index (χ1v) is 6.49. The van der Waals surface area contributed by atoms with Crippen LogP contribution in [0.3, 0.4) is 0 Å². The van der Waals surface area contributed by atoms with Crippen LogP contribution in [0.15, 0.2) is 36.5 Å². The quantitative estimate of drug-likeness (QED) is 0.848. The Bertz CT molecular complexity index is 464. The van der Waals surface area contributed by atoms with Crippen LogP contribution in [0.4, 0.5) is 0 Å². The molecule has 0 aliphatic rings. The molecule has 4 heteroatoms. The number of rotatable bonds is 6. The molecule has 0 aliphatic carbocycles. The first-order valence-electron chi connectivity index (χ1n) is 6.49. The van der Waals surface area contributed by atoms with Gasteiger partial charge in [0.2, 0.25) is 0 Å². The summed E-state index contributed by atoms with van der Waals surface area (Å²) in [6.07, 6.45) is 4.75.